The topological polar surface area (TPSA) is 151 Å². The van der Waals surface area contributed by atoms with Gasteiger partial charge >= 0.3 is 0 Å². The minimum absolute atomic E-state index is 0.0836. The molecule has 0 heterocycles. The summed E-state index contributed by atoms with van der Waals surface area (Å²) in [5, 5.41) is 12.4. The smallest absolute Gasteiger partial charge is 0.222 e. The molecule has 10 N–H and O–H groups in total. The predicted molar refractivity (Wildman–Crippen MR) is 89.2 cm³/mol. The molecule has 0 aliphatic rings. The monoisotopic (exact) mass is 301 g/mol. The lowest BCUT2D eigenvalue weighted by atomic mass is 10.4. The highest BCUT2D eigenvalue weighted by Gasteiger charge is 2.03. The van der Waals surface area contributed by atoms with E-state index in [1.807, 2.05) is 6.92 Å². The Morgan fingerprint density at radius 2 is 1.71 bits per heavy atom. The third kappa shape index (κ3) is 11.0. The number of nitrogens with zero attached hydrogens (tertiary/aromatic N) is 2. The summed E-state index contributed by atoms with van der Waals surface area (Å²) in [5.74, 6) is 1.15. The molecule has 0 aliphatic carbocycles. The molecule has 9 nitrogen and oxygen atoms in total. The Hall–Kier alpha value is -1.42. The number of hydrogen-bond acceptors (Lipinski definition) is 5. The van der Waals surface area contributed by atoms with E-state index in [2.05, 4.69) is 31.3 Å². The SMILES string of the molecule is CN/C(=N\C(=N/C(C)NCCN)NCCN)NCCCN. The van der Waals surface area contributed by atoms with Crippen LogP contribution >= 0.6 is 0 Å². The van der Waals surface area contributed by atoms with Crippen molar-refractivity contribution in [3.63, 3.8) is 0 Å². The fourth-order valence-electron chi connectivity index (χ4n) is 1.42. The van der Waals surface area contributed by atoms with Crippen LogP contribution in [0.25, 0.3) is 0 Å². The van der Waals surface area contributed by atoms with Gasteiger partial charge in [0.05, 0.1) is 0 Å². The van der Waals surface area contributed by atoms with Gasteiger partial charge in [-0.25, -0.2) is 4.99 Å². The summed E-state index contributed by atoms with van der Waals surface area (Å²) in [6, 6.07) is 0. The third-order valence-corrected chi connectivity index (χ3v) is 2.46. The molecule has 124 valence electrons. The van der Waals surface area contributed by atoms with Crippen molar-refractivity contribution in [2.24, 2.45) is 27.2 Å². The standard InChI is InChI=1S/C12H31N9/c1-10(17-8-5-14)20-12(19-9-6-15)21-11(16-2)18-7-3-4-13/h10,17H,3-9,13-15H2,1-2H3,(H3,16,18,19,20,21). The summed E-state index contributed by atoms with van der Waals surface area (Å²) >= 11 is 0. The Balaban J connectivity index is 4.71. The Bertz CT molecular complexity index is 303. The normalized spacial score (nSPS) is 14.0. The van der Waals surface area contributed by atoms with E-state index in [0.29, 0.717) is 44.6 Å². The number of aliphatic imine (C=N–C) groups is 2. The van der Waals surface area contributed by atoms with E-state index in [4.69, 9.17) is 17.2 Å². The first-order valence-corrected chi connectivity index (χ1v) is 7.33. The van der Waals surface area contributed by atoms with E-state index in [0.717, 1.165) is 13.0 Å². The average molecular weight is 301 g/mol. The molecule has 0 saturated carbocycles. The van der Waals surface area contributed by atoms with Gasteiger partial charge in [0.15, 0.2) is 5.96 Å². The summed E-state index contributed by atoms with van der Waals surface area (Å²) < 4.78 is 0. The number of nitrogens with two attached hydrogens (primary N) is 3. The lowest BCUT2D eigenvalue weighted by Gasteiger charge is -2.13. The molecule has 0 aliphatic heterocycles. The summed E-state index contributed by atoms with van der Waals surface area (Å²) in [4.78, 5) is 8.88. The first-order valence-electron chi connectivity index (χ1n) is 7.33. The minimum Gasteiger partial charge on any atom is -0.359 e. The van der Waals surface area contributed by atoms with Crippen LogP contribution in [0, 0.1) is 0 Å². The zero-order chi connectivity index (χ0) is 15.9. The summed E-state index contributed by atoms with van der Waals surface area (Å²) in [7, 11) is 1.80. The quantitative estimate of drug-likeness (QED) is 0.139. The van der Waals surface area contributed by atoms with E-state index in [1.165, 1.54) is 0 Å². The van der Waals surface area contributed by atoms with Crippen LogP contribution in [0.1, 0.15) is 13.3 Å². The molecular weight excluding hydrogens is 270 g/mol. The van der Waals surface area contributed by atoms with Gasteiger partial charge in [-0.3, -0.25) is 5.32 Å². The molecule has 1 atom stereocenters. The van der Waals surface area contributed by atoms with Crippen LogP contribution in [-0.2, 0) is 0 Å². The van der Waals surface area contributed by atoms with Gasteiger partial charge in [0.1, 0.15) is 6.17 Å². The molecule has 0 aromatic rings. The largest absolute Gasteiger partial charge is 0.359 e. The van der Waals surface area contributed by atoms with Gasteiger partial charge < -0.3 is 33.2 Å². The van der Waals surface area contributed by atoms with Crippen LogP contribution in [0.4, 0.5) is 0 Å². The summed E-state index contributed by atoms with van der Waals surface area (Å²) in [6.07, 6.45) is 0.789. The number of guanidine groups is 2. The minimum atomic E-state index is -0.0836. The number of rotatable bonds is 9. The van der Waals surface area contributed by atoms with Crippen LogP contribution in [0.5, 0.6) is 0 Å². The van der Waals surface area contributed by atoms with Crippen LogP contribution in [-0.4, -0.2) is 64.4 Å². The number of hydrogen-bond donors (Lipinski definition) is 7. The maximum Gasteiger partial charge on any atom is 0.222 e. The zero-order valence-corrected chi connectivity index (χ0v) is 13.2. The average Bonchev–Trinajstić information content (AvgIpc) is 2.49. The molecule has 21 heavy (non-hydrogen) atoms. The lowest BCUT2D eigenvalue weighted by molar-refractivity contribution is 0.573. The Kier molecular flexibility index (Phi) is 12.6. The second kappa shape index (κ2) is 13.6. The van der Waals surface area contributed by atoms with Crippen LogP contribution in [0.2, 0.25) is 0 Å². The molecule has 0 spiro atoms. The fraction of sp³-hybridized carbons (Fsp3) is 0.833. The van der Waals surface area contributed by atoms with E-state index >= 15 is 0 Å². The molecule has 0 aromatic heterocycles. The Morgan fingerprint density at radius 3 is 2.29 bits per heavy atom. The van der Waals surface area contributed by atoms with Crippen molar-refractivity contribution in [2.75, 3.05) is 46.3 Å². The Labute approximate surface area is 127 Å². The fourth-order valence-corrected chi connectivity index (χ4v) is 1.42. The van der Waals surface area contributed by atoms with Gasteiger partial charge in [0.2, 0.25) is 5.96 Å². The highest BCUT2D eigenvalue weighted by molar-refractivity contribution is 5.94. The van der Waals surface area contributed by atoms with Gasteiger partial charge in [0.25, 0.3) is 0 Å². The van der Waals surface area contributed by atoms with Crippen LogP contribution < -0.4 is 38.5 Å². The van der Waals surface area contributed by atoms with Crippen molar-refractivity contribution < 1.29 is 0 Å². The van der Waals surface area contributed by atoms with Gasteiger partial charge in [0, 0.05) is 39.8 Å². The van der Waals surface area contributed by atoms with E-state index < -0.39 is 0 Å². The maximum absolute atomic E-state index is 5.51. The van der Waals surface area contributed by atoms with Gasteiger partial charge in [-0.15, -0.1) is 0 Å². The first-order chi connectivity index (χ1) is 10.2. The van der Waals surface area contributed by atoms with Crippen molar-refractivity contribution in [3.05, 3.63) is 0 Å². The second-order valence-corrected chi connectivity index (χ2v) is 4.37. The molecule has 0 saturated heterocycles. The third-order valence-electron chi connectivity index (χ3n) is 2.46. The first kappa shape index (κ1) is 19.6. The van der Waals surface area contributed by atoms with Crippen LogP contribution in [0.3, 0.4) is 0 Å². The van der Waals surface area contributed by atoms with Crippen molar-refractivity contribution in [2.45, 2.75) is 19.5 Å². The molecule has 0 bridgehead atoms. The molecule has 0 radical (unpaired) electrons. The van der Waals surface area contributed by atoms with Crippen molar-refractivity contribution in [1.29, 1.82) is 0 Å². The zero-order valence-electron chi connectivity index (χ0n) is 13.2. The van der Waals surface area contributed by atoms with E-state index in [-0.39, 0.29) is 6.17 Å². The molecule has 1 unspecified atom stereocenters. The highest BCUT2D eigenvalue weighted by Crippen LogP contribution is 1.87. The number of nitrogens with one attached hydrogen (secondary N) is 4. The molecule has 9 heteroatoms. The van der Waals surface area contributed by atoms with Gasteiger partial charge in [-0.2, -0.15) is 4.99 Å². The predicted octanol–water partition coefficient (Wildman–Crippen LogP) is -2.70. The van der Waals surface area contributed by atoms with Gasteiger partial charge in [-0.1, -0.05) is 0 Å². The summed E-state index contributed by atoms with van der Waals surface area (Å²) in [6.45, 7) is 5.71. The molecule has 0 aromatic carbocycles. The van der Waals surface area contributed by atoms with E-state index in [9.17, 15) is 0 Å². The van der Waals surface area contributed by atoms with Gasteiger partial charge in [-0.05, 0) is 19.9 Å². The Morgan fingerprint density at radius 1 is 1.00 bits per heavy atom. The van der Waals surface area contributed by atoms with E-state index in [1.54, 1.807) is 7.05 Å². The van der Waals surface area contributed by atoms with Crippen molar-refractivity contribution >= 4 is 11.9 Å². The van der Waals surface area contributed by atoms with Crippen molar-refractivity contribution in [3.8, 4) is 0 Å². The molecule has 0 fully saturated rings. The molecule has 0 rings (SSSR count). The van der Waals surface area contributed by atoms with Crippen LogP contribution in [0.15, 0.2) is 9.98 Å². The molecular formula is C12H31N9. The molecule has 0 amide bonds. The highest BCUT2D eigenvalue weighted by atomic mass is 15.3. The van der Waals surface area contributed by atoms with Crippen molar-refractivity contribution in [1.82, 2.24) is 21.3 Å². The lowest BCUT2D eigenvalue weighted by Crippen LogP contribution is -2.40. The second-order valence-electron chi connectivity index (χ2n) is 4.37. The summed E-state index contributed by atoms with van der Waals surface area (Å²) in [5.41, 5.74) is 16.4. The maximum atomic E-state index is 5.51.